The summed E-state index contributed by atoms with van der Waals surface area (Å²) in [6.07, 6.45) is 1.05. The van der Waals surface area contributed by atoms with Crippen LogP contribution in [0.5, 0.6) is 0 Å². The molecule has 0 bridgehead atoms. The molecule has 0 amide bonds. The van der Waals surface area contributed by atoms with Gasteiger partial charge in [-0.3, -0.25) is 0 Å². The van der Waals surface area contributed by atoms with Crippen molar-refractivity contribution in [2.45, 2.75) is 44.9 Å². The van der Waals surface area contributed by atoms with Crippen molar-refractivity contribution in [1.29, 1.82) is 0 Å². The zero-order valence-electron chi connectivity index (χ0n) is 9.61. The van der Waals surface area contributed by atoms with Gasteiger partial charge in [0.15, 0.2) is 0 Å². The van der Waals surface area contributed by atoms with Gasteiger partial charge in [-0.15, -0.1) is 9.24 Å². The third-order valence-electron chi connectivity index (χ3n) is 1.81. The summed E-state index contributed by atoms with van der Waals surface area (Å²) < 4.78 is 5.84. The monoisotopic (exact) mass is 205 g/mol. The van der Waals surface area contributed by atoms with E-state index in [9.17, 15) is 0 Å². The van der Waals surface area contributed by atoms with Crippen LogP contribution in [0.4, 0.5) is 0 Å². The van der Waals surface area contributed by atoms with Crippen LogP contribution in [0, 0.1) is 0 Å². The maximum absolute atomic E-state index is 5.84. The fourth-order valence-corrected chi connectivity index (χ4v) is 0.963. The van der Waals surface area contributed by atoms with Gasteiger partial charge in [0.05, 0.1) is 12.2 Å². The average Bonchev–Trinajstić information content (AvgIpc) is 1.97. The van der Waals surface area contributed by atoms with E-state index in [0.29, 0.717) is 0 Å². The van der Waals surface area contributed by atoms with Gasteiger partial charge in [-0.2, -0.15) is 0 Å². The molecule has 0 aliphatic carbocycles. The topological polar surface area (TPSA) is 21.3 Å². The van der Waals surface area contributed by atoms with Crippen molar-refractivity contribution in [1.82, 2.24) is 5.32 Å². The van der Waals surface area contributed by atoms with Crippen molar-refractivity contribution in [3.05, 3.63) is 0 Å². The van der Waals surface area contributed by atoms with Crippen molar-refractivity contribution in [2.75, 3.05) is 20.2 Å². The van der Waals surface area contributed by atoms with Crippen LogP contribution in [0.15, 0.2) is 0 Å². The Morgan fingerprint density at radius 3 is 2.15 bits per heavy atom. The molecule has 0 heterocycles. The molecule has 3 heteroatoms. The van der Waals surface area contributed by atoms with Crippen LogP contribution in [0.2, 0.25) is 0 Å². The predicted octanol–water partition coefficient (Wildman–Crippen LogP) is 2.04. The van der Waals surface area contributed by atoms with Crippen LogP contribution in [0.3, 0.4) is 0 Å². The first-order valence-electron chi connectivity index (χ1n) is 4.84. The molecular formula is C10H24NOP. The quantitative estimate of drug-likeness (QED) is 0.670. The van der Waals surface area contributed by atoms with E-state index in [-0.39, 0.29) is 10.8 Å². The first kappa shape index (κ1) is 13.4. The number of hydrogen-bond donors (Lipinski definition) is 1. The van der Waals surface area contributed by atoms with Gasteiger partial charge >= 0.3 is 0 Å². The Kier molecular flexibility index (Phi) is 5.43. The fraction of sp³-hybridized carbons (Fsp3) is 1.00. The lowest BCUT2D eigenvalue weighted by atomic mass is 10.0. The average molecular weight is 205 g/mol. The van der Waals surface area contributed by atoms with Gasteiger partial charge in [-0.1, -0.05) is 13.8 Å². The van der Waals surface area contributed by atoms with E-state index in [1.165, 1.54) is 0 Å². The maximum atomic E-state index is 5.84. The normalized spacial score (nSPS) is 13.4. The highest BCUT2D eigenvalue weighted by Crippen LogP contribution is 2.21. The third kappa shape index (κ3) is 8.67. The van der Waals surface area contributed by atoms with E-state index in [0.717, 1.165) is 19.6 Å². The van der Waals surface area contributed by atoms with E-state index in [2.05, 4.69) is 42.3 Å². The number of hydrogen-bond acceptors (Lipinski definition) is 2. The maximum Gasteiger partial charge on any atom is 0.0639 e. The fourth-order valence-electron chi connectivity index (χ4n) is 0.880. The summed E-state index contributed by atoms with van der Waals surface area (Å²) >= 11 is 0. The molecule has 1 atom stereocenters. The predicted molar refractivity (Wildman–Crippen MR) is 62.4 cm³/mol. The zero-order chi connectivity index (χ0) is 10.5. The Bertz CT molecular complexity index is 140. The van der Waals surface area contributed by atoms with Crippen molar-refractivity contribution in [2.24, 2.45) is 0 Å². The smallest absolute Gasteiger partial charge is 0.0639 e. The Balaban J connectivity index is 3.75. The van der Waals surface area contributed by atoms with Gasteiger partial charge in [-0.25, -0.2) is 0 Å². The molecule has 80 valence electrons. The molecule has 1 unspecified atom stereocenters. The summed E-state index contributed by atoms with van der Waals surface area (Å²) in [5.41, 5.74) is -0.0170. The second-order valence-electron chi connectivity index (χ2n) is 4.89. The Labute approximate surface area is 85.0 Å². The Morgan fingerprint density at radius 2 is 1.77 bits per heavy atom. The second kappa shape index (κ2) is 5.29. The van der Waals surface area contributed by atoms with Crippen LogP contribution in [-0.2, 0) is 4.74 Å². The summed E-state index contributed by atoms with van der Waals surface area (Å²) in [5.74, 6) is 0. The van der Waals surface area contributed by atoms with E-state index in [1.807, 2.05) is 7.05 Å². The molecule has 0 radical (unpaired) electrons. The van der Waals surface area contributed by atoms with Crippen LogP contribution < -0.4 is 5.32 Å². The lowest BCUT2D eigenvalue weighted by Crippen LogP contribution is -2.33. The van der Waals surface area contributed by atoms with Gasteiger partial charge in [-0.05, 0) is 33.9 Å². The van der Waals surface area contributed by atoms with E-state index in [4.69, 9.17) is 4.74 Å². The molecule has 2 nitrogen and oxygen atoms in total. The van der Waals surface area contributed by atoms with Gasteiger partial charge in [0.1, 0.15) is 0 Å². The molecule has 0 aliphatic rings. The van der Waals surface area contributed by atoms with Crippen molar-refractivity contribution in [3.8, 4) is 0 Å². The summed E-state index contributed by atoms with van der Waals surface area (Å²) in [6.45, 7) is 10.4. The Hall–Kier alpha value is 0.350. The summed E-state index contributed by atoms with van der Waals surface area (Å²) in [7, 11) is 4.77. The molecular weight excluding hydrogens is 181 g/mol. The van der Waals surface area contributed by atoms with Gasteiger partial charge in [0, 0.05) is 5.16 Å². The van der Waals surface area contributed by atoms with Gasteiger partial charge in [0.2, 0.25) is 0 Å². The molecule has 13 heavy (non-hydrogen) atoms. The molecule has 0 aliphatic heterocycles. The largest absolute Gasteiger partial charge is 0.375 e. The Morgan fingerprint density at radius 1 is 1.23 bits per heavy atom. The molecule has 0 aromatic rings. The van der Waals surface area contributed by atoms with Crippen molar-refractivity contribution < 1.29 is 4.74 Å². The van der Waals surface area contributed by atoms with Crippen LogP contribution in [0.25, 0.3) is 0 Å². The molecule has 0 saturated heterocycles. The molecule has 0 aromatic heterocycles. The van der Waals surface area contributed by atoms with Crippen molar-refractivity contribution in [3.63, 3.8) is 0 Å². The van der Waals surface area contributed by atoms with Crippen LogP contribution in [-0.4, -0.2) is 31.0 Å². The van der Waals surface area contributed by atoms with Gasteiger partial charge in [0.25, 0.3) is 0 Å². The minimum atomic E-state index is -0.0170. The minimum Gasteiger partial charge on any atom is -0.375 e. The lowest BCUT2D eigenvalue weighted by molar-refractivity contribution is -0.0301. The first-order chi connectivity index (χ1) is 5.77. The number of ether oxygens (including phenoxy) is 1. The first-order valence-corrected chi connectivity index (χ1v) is 5.42. The highest BCUT2D eigenvalue weighted by Gasteiger charge is 2.21. The molecule has 1 N–H and O–H groups in total. The minimum absolute atomic E-state index is 0.0170. The van der Waals surface area contributed by atoms with Gasteiger partial charge < -0.3 is 10.1 Å². The highest BCUT2D eigenvalue weighted by molar-refractivity contribution is 7.18. The second-order valence-corrected chi connectivity index (χ2v) is 6.45. The standard InChI is InChI=1S/C10H24NOP/c1-9(2,6-7-11-5)12-8-10(3,4)13/h11H,6-8,13H2,1-5H3. The summed E-state index contributed by atoms with van der Waals surface area (Å²) in [4.78, 5) is 0. The summed E-state index contributed by atoms with van der Waals surface area (Å²) in [5, 5.41) is 3.31. The third-order valence-corrected chi connectivity index (χ3v) is 1.98. The molecule has 0 saturated carbocycles. The van der Waals surface area contributed by atoms with E-state index < -0.39 is 0 Å². The van der Waals surface area contributed by atoms with E-state index in [1.54, 1.807) is 0 Å². The lowest BCUT2D eigenvalue weighted by Gasteiger charge is -2.29. The summed E-state index contributed by atoms with van der Waals surface area (Å²) in [6, 6.07) is 0. The highest BCUT2D eigenvalue weighted by atomic mass is 31.0. The molecule has 0 aromatic carbocycles. The molecule has 0 fully saturated rings. The number of nitrogens with one attached hydrogen (secondary N) is 1. The number of rotatable bonds is 6. The SMILES string of the molecule is CNCCC(C)(C)OCC(C)(C)P. The van der Waals surface area contributed by atoms with Crippen molar-refractivity contribution >= 4 is 9.24 Å². The zero-order valence-corrected chi connectivity index (χ0v) is 10.8. The van der Waals surface area contributed by atoms with Crippen LogP contribution >= 0.6 is 9.24 Å². The van der Waals surface area contributed by atoms with E-state index >= 15 is 0 Å². The van der Waals surface area contributed by atoms with Crippen LogP contribution in [0.1, 0.15) is 34.1 Å². The molecule has 0 spiro atoms. The molecule has 0 rings (SSSR count).